The molecule has 174 valence electrons. The number of amides is 2. The van der Waals surface area contributed by atoms with Crippen LogP contribution in [0.1, 0.15) is 39.7 Å². The second kappa shape index (κ2) is 10.1. The Bertz CT molecular complexity index is 1160. The predicted molar refractivity (Wildman–Crippen MR) is 139 cm³/mol. The van der Waals surface area contributed by atoms with Crippen molar-refractivity contribution in [2.45, 2.75) is 24.8 Å². The fourth-order valence-electron chi connectivity index (χ4n) is 4.42. The summed E-state index contributed by atoms with van der Waals surface area (Å²) in [6, 6.07) is 23.1. The molecule has 0 unspecified atom stereocenters. The normalized spacial score (nSPS) is 17.9. The van der Waals surface area contributed by atoms with Gasteiger partial charge in [-0.3, -0.25) is 9.59 Å². The zero-order chi connectivity index (χ0) is 23.5. The molecule has 0 aliphatic carbocycles. The number of thioether (sulfide) groups is 1. The molecule has 0 bridgehead atoms. The Morgan fingerprint density at radius 1 is 0.941 bits per heavy atom. The number of nitrogens with one attached hydrogen (secondary N) is 1. The smallest absolute Gasteiger partial charge is 0.255 e. The van der Waals surface area contributed by atoms with Gasteiger partial charge in [-0.15, -0.1) is 11.8 Å². The average molecular weight is 492 g/mol. The fourth-order valence-corrected chi connectivity index (χ4v) is 5.73. The molecule has 2 aliphatic heterocycles. The number of nitrogens with zero attached hydrogens (tertiary/aromatic N) is 2. The maximum absolute atomic E-state index is 12.8. The second-order valence-electron chi connectivity index (χ2n) is 8.63. The number of halogens is 1. The quantitative estimate of drug-likeness (QED) is 0.461. The van der Waals surface area contributed by atoms with Crippen LogP contribution in [0.5, 0.6) is 0 Å². The molecule has 2 heterocycles. The number of anilines is 2. The maximum atomic E-state index is 12.8. The van der Waals surface area contributed by atoms with Gasteiger partial charge in [0, 0.05) is 41.6 Å². The van der Waals surface area contributed by atoms with Gasteiger partial charge in [0.2, 0.25) is 5.91 Å². The first kappa shape index (κ1) is 22.8. The van der Waals surface area contributed by atoms with Crippen molar-refractivity contribution in [3.8, 4) is 0 Å². The van der Waals surface area contributed by atoms with Crippen LogP contribution in [0.2, 0.25) is 5.02 Å². The first-order chi connectivity index (χ1) is 16.6. The van der Waals surface area contributed by atoms with Crippen molar-refractivity contribution < 1.29 is 9.59 Å². The first-order valence-electron chi connectivity index (χ1n) is 11.5. The van der Waals surface area contributed by atoms with E-state index in [0.29, 0.717) is 22.9 Å². The molecule has 34 heavy (non-hydrogen) atoms. The zero-order valence-electron chi connectivity index (χ0n) is 18.7. The van der Waals surface area contributed by atoms with E-state index >= 15 is 0 Å². The Morgan fingerprint density at radius 2 is 1.62 bits per heavy atom. The van der Waals surface area contributed by atoms with Crippen LogP contribution in [-0.4, -0.2) is 35.6 Å². The van der Waals surface area contributed by atoms with Gasteiger partial charge >= 0.3 is 0 Å². The first-order valence-corrected chi connectivity index (χ1v) is 12.9. The number of carbonyl (C=O) groups is 2. The molecule has 2 saturated heterocycles. The second-order valence-corrected chi connectivity index (χ2v) is 10.1. The number of benzene rings is 3. The van der Waals surface area contributed by atoms with Crippen molar-refractivity contribution >= 4 is 46.6 Å². The van der Waals surface area contributed by atoms with Crippen molar-refractivity contribution in [3.63, 3.8) is 0 Å². The molecule has 1 N–H and O–H groups in total. The molecule has 0 aromatic heterocycles. The van der Waals surface area contributed by atoms with Gasteiger partial charge in [-0.2, -0.15) is 0 Å². The molecule has 3 aromatic carbocycles. The number of rotatable bonds is 6. The van der Waals surface area contributed by atoms with Gasteiger partial charge in [-0.05, 0) is 72.5 Å². The highest BCUT2D eigenvalue weighted by Gasteiger charge is 2.32. The summed E-state index contributed by atoms with van der Waals surface area (Å²) in [6.45, 7) is 2.73. The highest BCUT2D eigenvalue weighted by atomic mass is 35.5. The van der Waals surface area contributed by atoms with Crippen LogP contribution in [-0.2, 0) is 11.3 Å². The molecule has 0 radical (unpaired) electrons. The molecule has 5 rings (SSSR count). The minimum absolute atomic E-state index is 0.0709. The molecular weight excluding hydrogens is 466 g/mol. The van der Waals surface area contributed by atoms with E-state index in [4.69, 9.17) is 11.6 Å². The number of hydrogen-bond donors (Lipinski definition) is 1. The van der Waals surface area contributed by atoms with Gasteiger partial charge in [0.25, 0.3) is 5.91 Å². The summed E-state index contributed by atoms with van der Waals surface area (Å²) in [5.74, 6) is 0.422. The van der Waals surface area contributed by atoms with Crippen molar-refractivity contribution in [1.29, 1.82) is 0 Å². The third-order valence-electron chi connectivity index (χ3n) is 6.29. The van der Waals surface area contributed by atoms with E-state index in [1.54, 1.807) is 11.8 Å². The molecule has 3 aromatic rings. The van der Waals surface area contributed by atoms with E-state index in [0.717, 1.165) is 29.9 Å². The molecule has 0 spiro atoms. The van der Waals surface area contributed by atoms with Crippen LogP contribution in [0.3, 0.4) is 0 Å². The molecule has 2 aliphatic rings. The van der Waals surface area contributed by atoms with E-state index in [9.17, 15) is 9.59 Å². The SMILES string of the molecule is O=C(Nc1ccc(N2CCCC2)cc1)c1ccc([C@@H]2SCC(=O)N2Cc2ccc(Cl)cc2)cc1. The van der Waals surface area contributed by atoms with Gasteiger partial charge < -0.3 is 15.1 Å². The summed E-state index contributed by atoms with van der Waals surface area (Å²) in [6.07, 6.45) is 2.47. The number of hydrogen-bond acceptors (Lipinski definition) is 4. The summed E-state index contributed by atoms with van der Waals surface area (Å²) in [5.41, 5.74) is 4.62. The molecule has 0 saturated carbocycles. The van der Waals surface area contributed by atoms with E-state index in [1.165, 1.54) is 18.5 Å². The predicted octanol–water partition coefficient (Wildman–Crippen LogP) is 5.97. The molecule has 7 heteroatoms. The van der Waals surface area contributed by atoms with Gasteiger partial charge in [0.05, 0.1) is 5.75 Å². The minimum Gasteiger partial charge on any atom is -0.372 e. The third-order valence-corrected chi connectivity index (χ3v) is 7.80. The summed E-state index contributed by atoms with van der Waals surface area (Å²) < 4.78 is 0. The van der Waals surface area contributed by atoms with Crippen LogP contribution in [0.25, 0.3) is 0 Å². The Morgan fingerprint density at radius 3 is 2.29 bits per heavy atom. The minimum atomic E-state index is -0.145. The van der Waals surface area contributed by atoms with Crippen LogP contribution in [0, 0.1) is 0 Å². The van der Waals surface area contributed by atoms with Crippen molar-refractivity contribution in [1.82, 2.24) is 4.90 Å². The average Bonchev–Trinajstić information content (AvgIpc) is 3.52. The summed E-state index contributed by atoms with van der Waals surface area (Å²) in [7, 11) is 0. The van der Waals surface area contributed by atoms with Crippen LogP contribution < -0.4 is 10.2 Å². The monoisotopic (exact) mass is 491 g/mol. The topological polar surface area (TPSA) is 52.7 Å². The summed E-state index contributed by atoms with van der Waals surface area (Å²) in [5, 5.41) is 3.59. The Labute approximate surface area is 209 Å². The van der Waals surface area contributed by atoms with Gasteiger partial charge in [-0.1, -0.05) is 35.9 Å². The highest BCUT2D eigenvalue weighted by Crippen LogP contribution is 2.39. The fraction of sp³-hybridized carbons (Fsp3) is 0.259. The summed E-state index contributed by atoms with van der Waals surface area (Å²) >= 11 is 7.60. The Balaban J connectivity index is 1.24. The molecule has 5 nitrogen and oxygen atoms in total. The lowest BCUT2D eigenvalue weighted by Gasteiger charge is -2.24. The molecule has 1 atom stereocenters. The lowest BCUT2D eigenvalue weighted by molar-refractivity contribution is -0.128. The van der Waals surface area contributed by atoms with Gasteiger partial charge in [-0.25, -0.2) is 0 Å². The molecule has 2 amide bonds. The van der Waals surface area contributed by atoms with Crippen LogP contribution in [0.15, 0.2) is 72.8 Å². The van der Waals surface area contributed by atoms with Crippen molar-refractivity contribution in [2.24, 2.45) is 0 Å². The van der Waals surface area contributed by atoms with Crippen molar-refractivity contribution in [2.75, 3.05) is 29.1 Å². The Kier molecular flexibility index (Phi) is 6.79. The zero-order valence-corrected chi connectivity index (χ0v) is 20.3. The van der Waals surface area contributed by atoms with E-state index < -0.39 is 0 Å². The largest absolute Gasteiger partial charge is 0.372 e. The van der Waals surface area contributed by atoms with Crippen molar-refractivity contribution in [3.05, 3.63) is 94.5 Å². The third kappa shape index (κ3) is 5.08. The lowest BCUT2D eigenvalue weighted by atomic mass is 10.1. The van der Waals surface area contributed by atoms with E-state index in [1.807, 2.05) is 65.6 Å². The number of carbonyl (C=O) groups excluding carboxylic acids is 2. The van der Waals surface area contributed by atoms with Crippen LogP contribution >= 0.6 is 23.4 Å². The standard InChI is InChI=1S/C27H26ClN3O2S/c28-22-9-3-19(4-10-22)17-31-25(32)18-34-27(31)21-7-5-20(6-8-21)26(33)29-23-11-13-24(14-12-23)30-15-1-2-16-30/h3-14,27H,1-2,15-18H2,(H,29,33)/t27-/m0/s1. The lowest BCUT2D eigenvalue weighted by Crippen LogP contribution is -2.27. The highest BCUT2D eigenvalue weighted by molar-refractivity contribution is 8.00. The van der Waals surface area contributed by atoms with E-state index in [-0.39, 0.29) is 17.2 Å². The Hall–Kier alpha value is -2.96. The summed E-state index contributed by atoms with van der Waals surface area (Å²) in [4.78, 5) is 29.5. The van der Waals surface area contributed by atoms with Crippen LogP contribution in [0.4, 0.5) is 11.4 Å². The van der Waals surface area contributed by atoms with Gasteiger partial charge in [0.15, 0.2) is 0 Å². The van der Waals surface area contributed by atoms with E-state index in [2.05, 4.69) is 22.3 Å². The maximum Gasteiger partial charge on any atom is 0.255 e. The molecule has 2 fully saturated rings. The molecular formula is C27H26ClN3O2S. The van der Waals surface area contributed by atoms with Gasteiger partial charge in [0.1, 0.15) is 5.37 Å².